The zero-order chi connectivity index (χ0) is 16.1. The van der Waals surface area contributed by atoms with Gasteiger partial charge in [-0.3, -0.25) is 15.1 Å². The Hall–Kier alpha value is -3.09. The zero-order valence-corrected chi connectivity index (χ0v) is 12.2. The number of amides is 1. The van der Waals surface area contributed by atoms with E-state index in [4.69, 9.17) is 0 Å². The molecule has 7 heteroatoms. The Morgan fingerprint density at radius 3 is 2.70 bits per heavy atom. The summed E-state index contributed by atoms with van der Waals surface area (Å²) in [5.41, 5.74) is 1.54. The minimum atomic E-state index is -0.290. The first kappa shape index (κ1) is 14.8. The van der Waals surface area contributed by atoms with Crippen molar-refractivity contribution in [3.63, 3.8) is 0 Å². The molecule has 116 valence electrons. The van der Waals surface area contributed by atoms with E-state index in [9.17, 15) is 9.18 Å². The minimum absolute atomic E-state index is 0.196. The van der Waals surface area contributed by atoms with Gasteiger partial charge >= 0.3 is 0 Å². The van der Waals surface area contributed by atoms with Crippen LogP contribution in [0, 0.1) is 5.82 Å². The van der Waals surface area contributed by atoms with E-state index in [1.54, 1.807) is 30.5 Å². The van der Waals surface area contributed by atoms with E-state index >= 15 is 0 Å². The molecule has 0 saturated carbocycles. The van der Waals surface area contributed by atoms with E-state index in [0.717, 1.165) is 5.56 Å². The lowest BCUT2D eigenvalue weighted by Crippen LogP contribution is -2.13. The highest BCUT2D eigenvalue weighted by Gasteiger charge is 2.09. The number of H-pyrrole nitrogens is 1. The van der Waals surface area contributed by atoms with Crippen molar-refractivity contribution < 1.29 is 9.18 Å². The number of carbonyl (C=O) groups is 1. The Balaban J connectivity index is 1.56. The number of hydrogen-bond donors (Lipinski definition) is 2. The number of anilines is 1. The first-order chi connectivity index (χ1) is 11.2. The number of pyridine rings is 1. The average molecular weight is 311 g/mol. The quantitative estimate of drug-likeness (QED) is 0.758. The van der Waals surface area contributed by atoms with Gasteiger partial charge in [-0.25, -0.2) is 4.39 Å². The Labute approximate surface area is 131 Å². The van der Waals surface area contributed by atoms with Gasteiger partial charge < -0.3 is 4.98 Å². The first-order valence-corrected chi connectivity index (χ1v) is 7.09. The molecule has 2 heterocycles. The third-order valence-electron chi connectivity index (χ3n) is 3.21. The van der Waals surface area contributed by atoms with Crippen molar-refractivity contribution in [3.8, 4) is 11.5 Å². The number of halogens is 1. The van der Waals surface area contributed by atoms with Crippen molar-refractivity contribution in [2.24, 2.45) is 0 Å². The number of hydrogen-bond acceptors (Lipinski definition) is 4. The fourth-order valence-electron chi connectivity index (χ4n) is 2.04. The van der Waals surface area contributed by atoms with Crippen LogP contribution in [0.15, 0.2) is 48.7 Å². The average Bonchev–Trinajstić information content (AvgIpc) is 3.04. The van der Waals surface area contributed by atoms with Gasteiger partial charge in [0, 0.05) is 12.6 Å². The highest BCUT2D eigenvalue weighted by molar-refractivity contribution is 5.89. The summed E-state index contributed by atoms with van der Waals surface area (Å²) in [5.74, 6) is 0.272. The fraction of sp³-hybridized carbons (Fsp3) is 0.125. The molecule has 0 fully saturated rings. The van der Waals surface area contributed by atoms with Gasteiger partial charge in [0.25, 0.3) is 0 Å². The van der Waals surface area contributed by atoms with Crippen LogP contribution in [0.3, 0.4) is 0 Å². The molecule has 0 unspecified atom stereocenters. The Bertz CT molecular complexity index is 786. The van der Waals surface area contributed by atoms with Crippen molar-refractivity contribution in [1.29, 1.82) is 0 Å². The molecule has 0 aliphatic heterocycles. The molecule has 1 aromatic carbocycles. The number of aromatic amines is 1. The molecule has 6 nitrogen and oxygen atoms in total. The van der Waals surface area contributed by atoms with Gasteiger partial charge in [-0.1, -0.05) is 18.2 Å². The smallest absolute Gasteiger partial charge is 0.228 e. The van der Waals surface area contributed by atoms with Crippen molar-refractivity contribution in [2.75, 3.05) is 5.32 Å². The number of aromatic nitrogens is 4. The van der Waals surface area contributed by atoms with E-state index in [1.165, 1.54) is 12.1 Å². The summed E-state index contributed by atoms with van der Waals surface area (Å²) >= 11 is 0. The summed E-state index contributed by atoms with van der Waals surface area (Å²) in [6.45, 7) is 0. The van der Waals surface area contributed by atoms with Gasteiger partial charge in [0.05, 0.1) is 0 Å². The first-order valence-electron chi connectivity index (χ1n) is 7.09. The van der Waals surface area contributed by atoms with Crippen LogP contribution in [0.25, 0.3) is 11.5 Å². The molecule has 0 saturated heterocycles. The summed E-state index contributed by atoms with van der Waals surface area (Å²) in [5, 5.41) is 10.5. The second-order valence-electron chi connectivity index (χ2n) is 4.91. The minimum Gasteiger partial charge on any atom is -0.306 e. The van der Waals surface area contributed by atoms with Crippen molar-refractivity contribution >= 4 is 11.9 Å². The molecule has 0 aliphatic carbocycles. The maximum Gasteiger partial charge on any atom is 0.228 e. The highest BCUT2D eigenvalue weighted by Crippen LogP contribution is 2.12. The van der Waals surface area contributed by atoms with Crippen LogP contribution in [0.1, 0.15) is 12.0 Å². The van der Waals surface area contributed by atoms with E-state index in [0.29, 0.717) is 17.9 Å². The number of aryl methyl sites for hydroxylation is 1. The molecular formula is C16H14FN5O. The molecular weight excluding hydrogens is 297 g/mol. The third-order valence-corrected chi connectivity index (χ3v) is 3.21. The Kier molecular flexibility index (Phi) is 4.37. The van der Waals surface area contributed by atoms with E-state index in [1.807, 2.05) is 6.07 Å². The van der Waals surface area contributed by atoms with Crippen LogP contribution < -0.4 is 5.32 Å². The van der Waals surface area contributed by atoms with Gasteiger partial charge in [0.2, 0.25) is 11.9 Å². The second kappa shape index (κ2) is 6.78. The Morgan fingerprint density at radius 1 is 1.13 bits per heavy atom. The molecule has 23 heavy (non-hydrogen) atoms. The maximum absolute atomic E-state index is 12.8. The summed E-state index contributed by atoms with van der Waals surface area (Å²) in [4.78, 5) is 19.0. The van der Waals surface area contributed by atoms with Crippen molar-refractivity contribution in [1.82, 2.24) is 20.2 Å². The number of carbonyl (C=O) groups excluding carboxylic acids is 1. The largest absolute Gasteiger partial charge is 0.306 e. The van der Waals surface area contributed by atoms with E-state index in [2.05, 4.69) is 25.5 Å². The van der Waals surface area contributed by atoms with E-state index < -0.39 is 0 Å². The zero-order valence-electron chi connectivity index (χ0n) is 12.2. The summed E-state index contributed by atoms with van der Waals surface area (Å²) in [6.07, 6.45) is 2.44. The lowest BCUT2D eigenvalue weighted by atomic mass is 10.1. The summed E-state index contributed by atoms with van der Waals surface area (Å²) in [6, 6.07) is 11.5. The van der Waals surface area contributed by atoms with Crippen LogP contribution in [-0.4, -0.2) is 26.1 Å². The number of nitrogens with one attached hydrogen (secondary N) is 2. The van der Waals surface area contributed by atoms with E-state index in [-0.39, 0.29) is 24.1 Å². The molecule has 2 N–H and O–H groups in total. The fourth-order valence-corrected chi connectivity index (χ4v) is 2.04. The molecule has 3 aromatic rings. The highest BCUT2D eigenvalue weighted by atomic mass is 19.1. The topological polar surface area (TPSA) is 83.6 Å². The third kappa shape index (κ3) is 3.97. The van der Waals surface area contributed by atoms with Crippen LogP contribution in [0.5, 0.6) is 0 Å². The second-order valence-corrected chi connectivity index (χ2v) is 4.91. The molecule has 0 bridgehead atoms. The lowest BCUT2D eigenvalue weighted by molar-refractivity contribution is -0.116. The SMILES string of the molecule is O=C(CCc1ccc(F)cc1)Nc1nnc(-c2ccccn2)[nH]1. The van der Waals surface area contributed by atoms with Gasteiger partial charge in [0.1, 0.15) is 11.5 Å². The molecule has 0 spiro atoms. The summed E-state index contributed by atoms with van der Waals surface area (Å²) < 4.78 is 12.8. The van der Waals surface area contributed by atoms with Crippen LogP contribution in [0.2, 0.25) is 0 Å². The van der Waals surface area contributed by atoms with Gasteiger partial charge in [-0.2, -0.15) is 0 Å². The van der Waals surface area contributed by atoms with Crippen LogP contribution in [0.4, 0.5) is 10.3 Å². The maximum atomic E-state index is 12.8. The van der Waals surface area contributed by atoms with Gasteiger partial charge in [-0.15, -0.1) is 10.2 Å². The van der Waals surface area contributed by atoms with Crippen molar-refractivity contribution in [2.45, 2.75) is 12.8 Å². The van der Waals surface area contributed by atoms with Gasteiger partial charge in [-0.05, 0) is 36.2 Å². The van der Waals surface area contributed by atoms with Crippen LogP contribution in [-0.2, 0) is 11.2 Å². The standard InChI is InChI=1S/C16H14FN5O/c17-12-7-4-11(5-8-12)6-9-14(23)19-16-20-15(21-22-16)13-3-1-2-10-18-13/h1-5,7-8,10H,6,9H2,(H2,19,20,21,22,23). The molecule has 0 atom stereocenters. The molecule has 2 aromatic heterocycles. The number of nitrogens with zero attached hydrogens (tertiary/aromatic N) is 3. The summed E-state index contributed by atoms with van der Waals surface area (Å²) in [7, 11) is 0. The van der Waals surface area contributed by atoms with Crippen molar-refractivity contribution in [3.05, 3.63) is 60.0 Å². The predicted molar refractivity (Wildman–Crippen MR) is 83.0 cm³/mol. The molecule has 0 aliphatic rings. The van der Waals surface area contributed by atoms with Gasteiger partial charge in [0.15, 0.2) is 5.82 Å². The molecule has 0 radical (unpaired) electrons. The number of benzene rings is 1. The van der Waals surface area contributed by atoms with Crippen LogP contribution >= 0.6 is 0 Å². The number of rotatable bonds is 5. The molecule has 3 rings (SSSR count). The normalized spacial score (nSPS) is 10.5. The monoisotopic (exact) mass is 311 g/mol. The molecule has 1 amide bonds. The Morgan fingerprint density at radius 2 is 1.96 bits per heavy atom. The lowest BCUT2D eigenvalue weighted by Gasteiger charge is -2.02. The predicted octanol–water partition coefficient (Wildman–Crippen LogP) is 2.58.